The largest absolute Gasteiger partial charge is 0.360 e. The zero-order chi connectivity index (χ0) is 17.8. The summed E-state index contributed by atoms with van der Waals surface area (Å²) >= 11 is 3.63. The molecule has 3 aromatic rings. The molecule has 1 saturated heterocycles. The van der Waals surface area contributed by atoms with Crippen LogP contribution >= 0.6 is 15.9 Å². The summed E-state index contributed by atoms with van der Waals surface area (Å²) < 4.78 is 1.15. The molecule has 136 valence electrons. The van der Waals surface area contributed by atoms with Crippen LogP contribution in [0.2, 0.25) is 0 Å². The number of rotatable bonds is 6. The van der Waals surface area contributed by atoms with E-state index in [1.54, 1.807) is 0 Å². The van der Waals surface area contributed by atoms with E-state index in [0.717, 1.165) is 16.8 Å². The highest BCUT2D eigenvalue weighted by molar-refractivity contribution is 9.10. The van der Waals surface area contributed by atoms with Crippen LogP contribution in [0.1, 0.15) is 42.7 Å². The molecule has 0 amide bonds. The number of nitrogens with one attached hydrogen (secondary N) is 1. The van der Waals surface area contributed by atoms with Gasteiger partial charge in [0, 0.05) is 22.6 Å². The summed E-state index contributed by atoms with van der Waals surface area (Å²) in [7, 11) is 0. The van der Waals surface area contributed by atoms with Gasteiger partial charge >= 0.3 is 0 Å². The van der Waals surface area contributed by atoms with Gasteiger partial charge < -0.3 is 9.88 Å². The molecule has 2 nitrogen and oxygen atoms in total. The Morgan fingerprint density at radius 1 is 1.04 bits per heavy atom. The summed E-state index contributed by atoms with van der Waals surface area (Å²) in [5.74, 6) is 0.718. The molecule has 2 aromatic carbocycles. The van der Waals surface area contributed by atoms with E-state index >= 15 is 0 Å². The number of H-pyrrole nitrogens is 1. The molecule has 0 bridgehead atoms. The average Bonchev–Trinajstić information content (AvgIpc) is 3.11. The van der Waals surface area contributed by atoms with Crippen LogP contribution in [-0.4, -0.2) is 29.5 Å². The SMILES string of the molecule is Brc1cccc2c(CCCCN3CCCC(c4ccccc4)C3)c[nH]c12. The molecule has 1 aliphatic heterocycles. The van der Waals surface area contributed by atoms with Crippen LogP contribution < -0.4 is 0 Å². The van der Waals surface area contributed by atoms with Gasteiger partial charge in [-0.1, -0.05) is 42.5 Å². The lowest BCUT2D eigenvalue weighted by Crippen LogP contribution is -2.35. The molecule has 0 spiro atoms. The van der Waals surface area contributed by atoms with Gasteiger partial charge in [-0.25, -0.2) is 0 Å². The van der Waals surface area contributed by atoms with Gasteiger partial charge in [0.1, 0.15) is 0 Å². The molecule has 1 aromatic heterocycles. The van der Waals surface area contributed by atoms with Crippen LogP contribution in [0.3, 0.4) is 0 Å². The molecule has 1 unspecified atom stereocenters. The number of aryl methyl sites for hydroxylation is 1. The topological polar surface area (TPSA) is 19.0 Å². The van der Waals surface area contributed by atoms with Gasteiger partial charge in [0.2, 0.25) is 0 Å². The predicted molar refractivity (Wildman–Crippen MR) is 114 cm³/mol. The fraction of sp³-hybridized carbons (Fsp3) is 0.391. The number of halogens is 1. The van der Waals surface area contributed by atoms with Crippen molar-refractivity contribution in [3.05, 3.63) is 70.3 Å². The van der Waals surface area contributed by atoms with Crippen molar-refractivity contribution in [3.8, 4) is 0 Å². The molecule has 0 aliphatic carbocycles. The highest BCUT2D eigenvalue weighted by Gasteiger charge is 2.20. The molecule has 1 N–H and O–H groups in total. The maximum Gasteiger partial charge on any atom is 0.0601 e. The third-order valence-electron chi connectivity index (χ3n) is 5.70. The van der Waals surface area contributed by atoms with Gasteiger partial charge in [-0.2, -0.15) is 0 Å². The Balaban J connectivity index is 1.27. The minimum atomic E-state index is 0.718. The number of unbranched alkanes of at least 4 members (excludes halogenated alkanes) is 1. The molecular weight excluding hydrogens is 384 g/mol. The summed E-state index contributed by atoms with van der Waals surface area (Å²) in [6, 6.07) is 17.5. The van der Waals surface area contributed by atoms with Gasteiger partial charge in [-0.3, -0.25) is 0 Å². The third kappa shape index (κ3) is 4.05. The lowest BCUT2D eigenvalue weighted by molar-refractivity contribution is 0.204. The van der Waals surface area contributed by atoms with Crippen molar-refractivity contribution < 1.29 is 0 Å². The Morgan fingerprint density at radius 3 is 2.81 bits per heavy atom. The van der Waals surface area contributed by atoms with E-state index in [2.05, 4.69) is 80.5 Å². The molecule has 1 fully saturated rings. The quantitative estimate of drug-likeness (QED) is 0.483. The minimum Gasteiger partial charge on any atom is -0.360 e. The summed E-state index contributed by atoms with van der Waals surface area (Å²) in [6.07, 6.45) is 8.54. The molecule has 2 heterocycles. The van der Waals surface area contributed by atoms with Crippen LogP contribution in [0, 0.1) is 0 Å². The van der Waals surface area contributed by atoms with Gasteiger partial charge in [-0.15, -0.1) is 0 Å². The molecule has 1 aliphatic rings. The van der Waals surface area contributed by atoms with Gasteiger partial charge in [-0.05, 0) is 84.2 Å². The Labute approximate surface area is 164 Å². The Bertz CT molecular complexity index is 840. The van der Waals surface area contributed by atoms with Gasteiger partial charge in [0.05, 0.1) is 5.52 Å². The van der Waals surface area contributed by atoms with Gasteiger partial charge in [0.25, 0.3) is 0 Å². The fourth-order valence-electron chi connectivity index (χ4n) is 4.29. The predicted octanol–water partition coefficient (Wildman–Crippen LogP) is 6.13. The van der Waals surface area contributed by atoms with Crippen LogP contribution in [0.15, 0.2) is 59.2 Å². The van der Waals surface area contributed by atoms with E-state index < -0.39 is 0 Å². The lowest BCUT2D eigenvalue weighted by atomic mass is 9.90. The number of benzene rings is 2. The molecule has 26 heavy (non-hydrogen) atoms. The maximum absolute atomic E-state index is 3.63. The standard InChI is InChI=1S/C23H27BrN2/c24-22-13-6-12-21-19(16-25-23(21)22)10-4-5-14-26-15-7-11-20(17-26)18-8-2-1-3-9-18/h1-3,6,8-9,12-13,16,20,25H,4-5,7,10-11,14-15,17H2. The van der Waals surface area contributed by atoms with E-state index in [-0.39, 0.29) is 0 Å². The Kier molecular flexibility index (Phi) is 5.76. The zero-order valence-corrected chi connectivity index (χ0v) is 16.8. The van der Waals surface area contributed by atoms with Crippen molar-refractivity contribution in [1.29, 1.82) is 0 Å². The first-order chi connectivity index (χ1) is 12.8. The fourth-order valence-corrected chi connectivity index (χ4v) is 4.77. The van der Waals surface area contributed by atoms with E-state index in [1.807, 2.05) is 0 Å². The molecule has 1 atom stereocenters. The number of aromatic nitrogens is 1. The summed E-state index contributed by atoms with van der Waals surface area (Å²) in [6.45, 7) is 3.72. The Morgan fingerprint density at radius 2 is 1.92 bits per heavy atom. The number of para-hydroxylation sites is 1. The molecule has 3 heteroatoms. The number of likely N-dealkylation sites (tertiary alicyclic amines) is 1. The Hall–Kier alpha value is -1.58. The average molecular weight is 411 g/mol. The second kappa shape index (κ2) is 8.41. The highest BCUT2D eigenvalue weighted by atomic mass is 79.9. The number of fused-ring (bicyclic) bond motifs is 1. The van der Waals surface area contributed by atoms with Crippen molar-refractivity contribution in [1.82, 2.24) is 9.88 Å². The highest BCUT2D eigenvalue weighted by Crippen LogP contribution is 2.28. The van der Waals surface area contributed by atoms with Crippen molar-refractivity contribution in [3.63, 3.8) is 0 Å². The number of hydrogen-bond acceptors (Lipinski definition) is 1. The van der Waals surface area contributed by atoms with Crippen LogP contribution in [-0.2, 0) is 6.42 Å². The van der Waals surface area contributed by atoms with Crippen LogP contribution in [0.5, 0.6) is 0 Å². The first kappa shape index (κ1) is 17.8. The molecular formula is C23H27BrN2. The van der Waals surface area contributed by atoms with E-state index in [0.29, 0.717) is 0 Å². The number of aromatic amines is 1. The third-order valence-corrected chi connectivity index (χ3v) is 6.36. The first-order valence-electron chi connectivity index (χ1n) is 9.83. The zero-order valence-electron chi connectivity index (χ0n) is 15.3. The second-order valence-electron chi connectivity index (χ2n) is 7.48. The number of piperidine rings is 1. The van der Waals surface area contributed by atoms with Crippen LogP contribution in [0.25, 0.3) is 10.9 Å². The molecule has 4 rings (SSSR count). The lowest BCUT2D eigenvalue weighted by Gasteiger charge is -2.33. The molecule has 0 radical (unpaired) electrons. The number of nitrogens with zero attached hydrogens (tertiary/aromatic N) is 1. The monoisotopic (exact) mass is 410 g/mol. The maximum atomic E-state index is 3.63. The van der Waals surface area contributed by atoms with Crippen molar-refractivity contribution in [2.75, 3.05) is 19.6 Å². The van der Waals surface area contributed by atoms with E-state index in [1.165, 1.54) is 67.3 Å². The van der Waals surface area contributed by atoms with Crippen molar-refractivity contribution in [2.24, 2.45) is 0 Å². The van der Waals surface area contributed by atoms with Gasteiger partial charge in [0.15, 0.2) is 0 Å². The van der Waals surface area contributed by atoms with Crippen molar-refractivity contribution >= 4 is 26.8 Å². The van der Waals surface area contributed by atoms with Crippen molar-refractivity contribution in [2.45, 2.75) is 38.0 Å². The van der Waals surface area contributed by atoms with E-state index in [4.69, 9.17) is 0 Å². The van der Waals surface area contributed by atoms with E-state index in [9.17, 15) is 0 Å². The first-order valence-corrected chi connectivity index (χ1v) is 10.6. The summed E-state index contributed by atoms with van der Waals surface area (Å²) in [5.41, 5.74) is 4.19. The summed E-state index contributed by atoms with van der Waals surface area (Å²) in [5, 5.41) is 1.36. The minimum absolute atomic E-state index is 0.718. The summed E-state index contributed by atoms with van der Waals surface area (Å²) in [4.78, 5) is 6.09. The molecule has 0 saturated carbocycles. The normalized spacial score (nSPS) is 18.4. The second-order valence-corrected chi connectivity index (χ2v) is 8.34. The number of hydrogen-bond donors (Lipinski definition) is 1. The van der Waals surface area contributed by atoms with Crippen LogP contribution in [0.4, 0.5) is 0 Å². The smallest absolute Gasteiger partial charge is 0.0601 e.